The fraction of sp³-hybridized carbons (Fsp3) is 0.167. The molecule has 0 aliphatic carbocycles. The van der Waals surface area contributed by atoms with E-state index < -0.39 is 0 Å². The van der Waals surface area contributed by atoms with Gasteiger partial charge in [0.2, 0.25) is 5.82 Å². The summed E-state index contributed by atoms with van der Waals surface area (Å²) in [4.78, 5) is 8.24. The maximum Gasteiger partial charge on any atom is 0.251 e. The number of nitrogens with zero attached hydrogens (tertiary/aromatic N) is 5. The smallest absolute Gasteiger partial charge is 0.251 e. The van der Waals surface area contributed by atoms with E-state index in [9.17, 15) is 0 Å². The van der Waals surface area contributed by atoms with Crippen molar-refractivity contribution in [1.29, 1.82) is 0 Å². The summed E-state index contributed by atoms with van der Waals surface area (Å²) < 4.78 is 6.90. The molecule has 2 heterocycles. The van der Waals surface area contributed by atoms with E-state index in [2.05, 4.69) is 20.2 Å². The molecule has 0 fully saturated rings. The summed E-state index contributed by atoms with van der Waals surface area (Å²) in [6, 6.07) is 7.21. The lowest BCUT2D eigenvalue weighted by molar-refractivity contribution is 0.336. The van der Waals surface area contributed by atoms with Crippen molar-refractivity contribution in [3.8, 4) is 11.4 Å². The van der Waals surface area contributed by atoms with E-state index in [0.717, 1.165) is 5.56 Å². The first kappa shape index (κ1) is 11.4. The van der Waals surface area contributed by atoms with Gasteiger partial charge >= 0.3 is 0 Å². The number of nitrogens with two attached hydrogens (primary N) is 1. The van der Waals surface area contributed by atoms with E-state index in [0.29, 0.717) is 17.4 Å². The van der Waals surface area contributed by atoms with Crippen LogP contribution in [0, 0.1) is 0 Å². The Labute approximate surface area is 109 Å². The van der Waals surface area contributed by atoms with Gasteiger partial charge < -0.3 is 10.3 Å². The molecule has 0 saturated heterocycles. The quantitative estimate of drug-likeness (QED) is 0.714. The number of para-hydroxylation sites is 1. The number of hydrogen-bond acceptors (Lipinski definition) is 6. The third-order valence-electron chi connectivity index (χ3n) is 2.83. The van der Waals surface area contributed by atoms with Crippen LogP contribution in [0.5, 0.6) is 0 Å². The summed E-state index contributed by atoms with van der Waals surface area (Å²) in [6.07, 6.45) is 3.06. The zero-order valence-electron chi connectivity index (χ0n) is 10.3. The van der Waals surface area contributed by atoms with Crippen LogP contribution < -0.4 is 5.73 Å². The van der Waals surface area contributed by atoms with Gasteiger partial charge in [0.25, 0.3) is 5.89 Å². The molecule has 0 spiro atoms. The second kappa shape index (κ2) is 4.52. The van der Waals surface area contributed by atoms with Crippen LogP contribution in [0.1, 0.15) is 18.9 Å². The first-order valence-corrected chi connectivity index (χ1v) is 5.78. The second-order valence-electron chi connectivity index (χ2n) is 4.09. The van der Waals surface area contributed by atoms with Gasteiger partial charge in [0, 0.05) is 11.3 Å². The fourth-order valence-corrected chi connectivity index (χ4v) is 1.75. The Kier molecular flexibility index (Phi) is 2.71. The maximum absolute atomic E-state index is 5.88. The van der Waals surface area contributed by atoms with E-state index in [4.69, 9.17) is 10.3 Å². The average Bonchev–Trinajstić information content (AvgIpc) is 3.10. The van der Waals surface area contributed by atoms with Gasteiger partial charge in [-0.3, -0.25) is 0 Å². The minimum Gasteiger partial charge on any atom is -0.398 e. The Hall–Kier alpha value is -2.70. The Morgan fingerprint density at radius 1 is 1.32 bits per heavy atom. The van der Waals surface area contributed by atoms with Crippen molar-refractivity contribution < 1.29 is 4.52 Å². The number of aromatic nitrogens is 5. The highest BCUT2D eigenvalue weighted by molar-refractivity contribution is 5.70. The van der Waals surface area contributed by atoms with Crippen molar-refractivity contribution in [2.24, 2.45) is 0 Å². The lowest BCUT2D eigenvalue weighted by Crippen LogP contribution is -2.07. The molecular weight excluding hydrogens is 244 g/mol. The van der Waals surface area contributed by atoms with Crippen molar-refractivity contribution in [3.63, 3.8) is 0 Å². The normalized spacial score (nSPS) is 12.5. The minimum atomic E-state index is -0.173. The van der Waals surface area contributed by atoms with Gasteiger partial charge in [0.15, 0.2) is 0 Å². The number of benzene rings is 1. The largest absolute Gasteiger partial charge is 0.398 e. The standard InChI is InChI=1S/C12H12N6O/c1-8(18-7-14-6-15-18)12-16-11(17-19-12)9-4-2-3-5-10(9)13/h2-8H,13H2,1H3. The van der Waals surface area contributed by atoms with Gasteiger partial charge in [-0.1, -0.05) is 17.3 Å². The molecule has 0 bridgehead atoms. The summed E-state index contributed by atoms with van der Waals surface area (Å²) in [5.41, 5.74) is 7.25. The molecule has 0 radical (unpaired) electrons. The van der Waals surface area contributed by atoms with Crippen molar-refractivity contribution in [3.05, 3.63) is 42.8 Å². The monoisotopic (exact) mass is 256 g/mol. The molecule has 7 heteroatoms. The molecule has 3 rings (SSSR count). The highest BCUT2D eigenvalue weighted by atomic mass is 16.5. The van der Waals surface area contributed by atoms with E-state index in [1.54, 1.807) is 17.1 Å². The van der Waals surface area contributed by atoms with Crippen LogP contribution in [-0.4, -0.2) is 24.9 Å². The van der Waals surface area contributed by atoms with E-state index in [1.807, 2.05) is 25.1 Å². The maximum atomic E-state index is 5.88. The van der Waals surface area contributed by atoms with Gasteiger partial charge in [-0.2, -0.15) is 10.1 Å². The topological polar surface area (TPSA) is 95.7 Å². The Bertz CT molecular complexity index is 675. The summed E-state index contributed by atoms with van der Waals surface area (Å²) in [5, 5.41) is 8.00. The van der Waals surface area contributed by atoms with Crippen LogP contribution in [0.15, 0.2) is 41.4 Å². The van der Waals surface area contributed by atoms with E-state index in [-0.39, 0.29) is 6.04 Å². The molecule has 2 aromatic heterocycles. The number of rotatable bonds is 3. The lowest BCUT2D eigenvalue weighted by Gasteiger charge is -2.04. The van der Waals surface area contributed by atoms with Crippen LogP contribution >= 0.6 is 0 Å². The zero-order chi connectivity index (χ0) is 13.2. The van der Waals surface area contributed by atoms with Crippen LogP contribution in [0.4, 0.5) is 5.69 Å². The van der Waals surface area contributed by atoms with Crippen LogP contribution in [0.3, 0.4) is 0 Å². The minimum absolute atomic E-state index is 0.173. The predicted octanol–water partition coefficient (Wildman–Crippen LogP) is 1.52. The first-order chi connectivity index (χ1) is 9.25. The third kappa shape index (κ3) is 2.05. The molecule has 1 unspecified atom stereocenters. The number of nitrogen functional groups attached to an aromatic ring is 1. The highest BCUT2D eigenvalue weighted by Gasteiger charge is 2.18. The molecule has 1 aromatic carbocycles. The van der Waals surface area contributed by atoms with Gasteiger partial charge in [-0.25, -0.2) is 9.67 Å². The molecule has 7 nitrogen and oxygen atoms in total. The van der Waals surface area contributed by atoms with Crippen molar-refractivity contribution in [1.82, 2.24) is 24.9 Å². The Balaban J connectivity index is 1.94. The molecule has 96 valence electrons. The van der Waals surface area contributed by atoms with Gasteiger partial charge in [-0.05, 0) is 19.1 Å². The number of hydrogen-bond donors (Lipinski definition) is 1. The lowest BCUT2D eigenvalue weighted by atomic mass is 10.2. The van der Waals surface area contributed by atoms with Gasteiger partial charge in [0.1, 0.15) is 18.7 Å². The molecule has 2 N–H and O–H groups in total. The van der Waals surface area contributed by atoms with E-state index >= 15 is 0 Å². The summed E-state index contributed by atoms with van der Waals surface area (Å²) >= 11 is 0. The highest BCUT2D eigenvalue weighted by Crippen LogP contribution is 2.24. The SMILES string of the molecule is CC(c1nc(-c2ccccc2N)no1)n1cncn1. The fourth-order valence-electron chi connectivity index (χ4n) is 1.75. The van der Waals surface area contributed by atoms with E-state index in [1.165, 1.54) is 6.33 Å². The second-order valence-corrected chi connectivity index (χ2v) is 4.09. The summed E-state index contributed by atoms with van der Waals surface area (Å²) in [5.74, 6) is 0.934. The Morgan fingerprint density at radius 3 is 2.89 bits per heavy atom. The molecule has 0 aliphatic rings. The molecule has 19 heavy (non-hydrogen) atoms. The Morgan fingerprint density at radius 2 is 2.16 bits per heavy atom. The number of anilines is 1. The predicted molar refractivity (Wildman–Crippen MR) is 68.0 cm³/mol. The van der Waals surface area contributed by atoms with Crippen LogP contribution in [0.2, 0.25) is 0 Å². The molecule has 1 atom stereocenters. The molecule has 3 aromatic rings. The van der Waals surface area contributed by atoms with Crippen LogP contribution in [0.25, 0.3) is 11.4 Å². The van der Waals surface area contributed by atoms with Crippen molar-refractivity contribution in [2.45, 2.75) is 13.0 Å². The molecule has 0 amide bonds. The molecular formula is C12H12N6O. The summed E-state index contributed by atoms with van der Waals surface area (Å²) in [7, 11) is 0. The molecule has 0 saturated carbocycles. The first-order valence-electron chi connectivity index (χ1n) is 5.78. The third-order valence-corrected chi connectivity index (χ3v) is 2.83. The van der Waals surface area contributed by atoms with Crippen molar-refractivity contribution >= 4 is 5.69 Å². The molecule has 0 aliphatic heterocycles. The van der Waals surface area contributed by atoms with Gasteiger partial charge in [0.05, 0.1) is 0 Å². The van der Waals surface area contributed by atoms with Gasteiger partial charge in [-0.15, -0.1) is 0 Å². The zero-order valence-corrected chi connectivity index (χ0v) is 10.3. The summed E-state index contributed by atoms with van der Waals surface area (Å²) in [6.45, 7) is 1.90. The van der Waals surface area contributed by atoms with Crippen LogP contribution in [-0.2, 0) is 0 Å². The average molecular weight is 256 g/mol. The van der Waals surface area contributed by atoms with Crippen molar-refractivity contribution in [2.75, 3.05) is 5.73 Å².